The van der Waals surface area contributed by atoms with Crippen LogP contribution in [0.2, 0.25) is 0 Å². The molecule has 1 N–H and O–H groups in total. The van der Waals surface area contributed by atoms with Gasteiger partial charge < -0.3 is 10.2 Å². The standard InChI is InChI=1S/C19H26N4O2/c20-13-16-12-18(23(24)25)6-7-19(16)21-17-8-10-22(11-9-17)14-15-4-2-1-3-5-15/h6-7,12,15,17,21H,1-5,8-11,14H2. The lowest BCUT2D eigenvalue weighted by molar-refractivity contribution is -0.384. The molecular formula is C19H26N4O2. The van der Waals surface area contributed by atoms with E-state index in [0.29, 0.717) is 17.3 Å². The van der Waals surface area contributed by atoms with Gasteiger partial charge in [0.25, 0.3) is 5.69 Å². The van der Waals surface area contributed by atoms with E-state index in [4.69, 9.17) is 0 Å². The second-order valence-corrected chi connectivity index (χ2v) is 7.32. The predicted octanol–water partition coefficient (Wildman–Crippen LogP) is 3.92. The number of nitrogens with zero attached hydrogens (tertiary/aromatic N) is 3. The highest BCUT2D eigenvalue weighted by Gasteiger charge is 2.23. The summed E-state index contributed by atoms with van der Waals surface area (Å²) >= 11 is 0. The Balaban J connectivity index is 1.52. The smallest absolute Gasteiger partial charge is 0.270 e. The molecule has 1 aliphatic carbocycles. The summed E-state index contributed by atoms with van der Waals surface area (Å²) in [5, 5.41) is 23.5. The number of benzene rings is 1. The molecule has 0 unspecified atom stereocenters. The molecule has 0 bridgehead atoms. The quantitative estimate of drug-likeness (QED) is 0.648. The van der Waals surface area contributed by atoms with Crippen LogP contribution in [0.1, 0.15) is 50.5 Å². The molecule has 25 heavy (non-hydrogen) atoms. The maximum atomic E-state index is 10.8. The second-order valence-electron chi connectivity index (χ2n) is 7.32. The van der Waals surface area contributed by atoms with Crippen LogP contribution in [0.4, 0.5) is 11.4 Å². The zero-order valence-electron chi connectivity index (χ0n) is 14.6. The van der Waals surface area contributed by atoms with Crippen molar-refractivity contribution < 1.29 is 4.92 Å². The summed E-state index contributed by atoms with van der Waals surface area (Å²) in [6.07, 6.45) is 9.04. The van der Waals surface area contributed by atoms with Crippen molar-refractivity contribution in [1.29, 1.82) is 5.26 Å². The van der Waals surface area contributed by atoms with E-state index in [1.165, 1.54) is 50.8 Å². The molecule has 1 aliphatic heterocycles. The summed E-state index contributed by atoms with van der Waals surface area (Å²) < 4.78 is 0. The van der Waals surface area contributed by atoms with Crippen LogP contribution in [0, 0.1) is 27.4 Å². The molecule has 1 aromatic rings. The Morgan fingerprint density at radius 2 is 1.92 bits per heavy atom. The molecule has 0 spiro atoms. The van der Waals surface area contributed by atoms with E-state index in [0.717, 1.165) is 31.8 Å². The third-order valence-electron chi connectivity index (χ3n) is 5.52. The largest absolute Gasteiger partial charge is 0.381 e. The van der Waals surface area contributed by atoms with E-state index < -0.39 is 4.92 Å². The van der Waals surface area contributed by atoms with Crippen LogP contribution in [-0.2, 0) is 0 Å². The average Bonchev–Trinajstić information content (AvgIpc) is 2.64. The Labute approximate surface area is 149 Å². The Hall–Kier alpha value is -2.13. The fraction of sp³-hybridized carbons (Fsp3) is 0.632. The highest BCUT2D eigenvalue weighted by Crippen LogP contribution is 2.27. The van der Waals surface area contributed by atoms with Crippen molar-refractivity contribution in [3.05, 3.63) is 33.9 Å². The number of nitrogens with one attached hydrogen (secondary N) is 1. The Kier molecular flexibility index (Phi) is 5.87. The first kappa shape index (κ1) is 17.7. The molecule has 0 aromatic heterocycles. The van der Waals surface area contributed by atoms with Crippen LogP contribution in [0.15, 0.2) is 18.2 Å². The lowest BCUT2D eigenvalue weighted by Crippen LogP contribution is -2.41. The van der Waals surface area contributed by atoms with Crippen LogP contribution in [-0.4, -0.2) is 35.5 Å². The first-order valence-corrected chi connectivity index (χ1v) is 9.33. The van der Waals surface area contributed by atoms with E-state index in [-0.39, 0.29) is 5.69 Å². The molecule has 1 heterocycles. The van der Waals surface area contributed by atoms with E-state index in [2.05, 4.69) is 16.3 Å². The molecular weight excluding hydrogens is 316 g/mol. The number of non-ortho nitro benzene ring substituents is 1. The molecule has 2 aliphatic rings. The van der Waals surface area contributed by atoms with Crippen molar-refractivity contribution in [2.24, 2.45) is 5.92 Å². The van der Waals surface area contributed by atoms with Crippen LogP contribution in [0.25, 0.3) is 0 Å². The van der Waals surface area contributed by atoms with Crippen molar-refractivity contribution in [3.63, 3.8) is 0 Å². The summed E-state index contributed by atoms with van der Waals surface area (Å²) in [6.45, 7) is 3.40. The van der Waals surface area contributed by atoms with Gasteiger partial charge in [0.2, 0.25) is 0 Å². The number of nitro groups is 1. The van der Waals surface area contributed by atoms with E-state index in [1.807, 2.05) is 0 Å². The molecule has 2 fully saturated rings. The topological polar surface area (TPSA) is 82.2 Å². The lowest BCUT2D eigenvalue weighted by atomic mass is 9.88. The summed E-state index contributed by atoms with van der Waals surface area (Å²) in [5.41, 5.74) is 1.02. The van der Waals surface area contributed by atoms with Crippen molar-refractivity contribution in [3.8, 4) is 6.07 Å². The van der Waals surface area contributed by atoms with Gasteiger partial charge in [-0.2, -0.15) is 5.26 Å². The highest BCUT2D eigenvalue weighted by atomic mass is 16.6. The van der Waals surface area contributed by atoms with Crippen LogP contribution in [0.3, 0.4) is 0 Å². The molecule has 6 heteroatoms. The molecule has 6 nitrogen and oxygen atoms in total. The maximum absolute atomic E-state index is 10.8. The Morgan fingerprint density at radius 3 is 2.56 bits per heavy atom. The SMILES string of the molecule is N#Cc1cc([N+](=O)[O-])ccc1NC1CCN(CC2CCCCC2)CC1. The summed E-state index contributed by atoms with van der Waals surface area (Å²) in [7, 11) is 0. The number of hydrogen-bond acceptors (Lipinski definition) is 5. The van der Waals surface area contributed by atoms with Gasteiger partial charge in [0, 0.05) is 37.8 Å². The lowest BCUT2D eigenvalue weighted by Gasteiger charge is -2.36. The van der Waals surface area contributed by atoms with Gasteiger partial charge in [-0.05, 0) is 37.7 Å². The minimum Gasteiger partial charge on any atom is -0.381 e. The van der Waals surface area contributed by atoms with Gasteiger partial charge in [-0.3, -0.25) is 10.1 Å². The molecule has 3 rings (SSSR count). The van der Waals surface area contributed by atoms with Gasteiger partial charge >= 0.3 is 0 Å². The van der Waals surface area contributed by atoms with Crippen molar-refractivity contribution in [2.45, 2.75) is 51.0 Å². The van der Waals surface area contributed by atoms with Gasteiger partial charge in [-0.15, -0.1) is 0 Å². The number of nitro benzene ring substituents is 1. The molecule has 1 aromatic carbocycles. The fourth-order valence-corrected chi connectivity index (χ4v) is 4.08. The van der Waals surface area contributed by atoms with Crippen LogP contribution >= 0.6 is 0 Å². The van der Waals surface area contributed by atoms with Crippen LogP contribution in [0.5, 0.6) is 0 Å². The van der Waals surface area contributed by atoms with Gasteiger partial charge in [0.1, 0.15) is 6.07 Å². The average molecular weight is 342 g/mol. The predicted molar refractivity (Wildman–Crippen MR) is 97.5 cm³/mol. The Morgan fingerprint density at radius 1 is 1.20 bits per heavy atom. The van der Waals surface area contributed by atoms with Crippen molar-refractivity contribution >= 4 is 11.4 Å². The Bertz CT molecular complexity index is 641. The van der Waals surface area contributed by atoms with E-state index in [1.54, 1.807) is 6.07 Å². The maximum Gasteiger partial charge on any atom is 0.270 e. The van der Waals surface area contributed by atoms with E-state index >= 15 is 0 Å². The van der Waals surface area contributed by atoms with Crippen molar-refractivity contribution in [1.82, 2.24) is 4.90 Å². The summed E-state index contributed by atoms with van der Waals surface area (Å²) in [4.78, 5) is 13.0. The third-order valence-corrected chi connectivity index (χ3v) is 5.52. The molecule has 134 valence electrons. The third kappa shape index (κ3) is 4.70. The minimum atomic E-state index is -0.464. The summed E-state index contributed by atoms with van der Waals surface area (Å²) in [6, 6.07) is 6.86. The van der Waals surface area contributed by atoms with Crippen molar-refractivity contribution in [2.75, 3.05) is 25.0 Å². The number of rotatable bonds is 5. The molecule has 0 amide bonds. The number of likely N-dealkylation sites (tertiary alicyclic amines) is 1. The number of anilines is 1. The van der Waals surface area contributed by atoms with Gasteiger partial charge in [0.05, 0.1) is 16.2 Å². The van der Waals surface area contributed by atoms with Crippen LogP contribution < -0.4 is 5.32 Å². The number of hydrogen-bond donors (Lipinski definition) is 1. The van der Waals surface area contributed by atoms with E-state index in [9.17, 15) is 15.4 Å². The highest BCUT2D eigenvalue weighted by molar-refractivity contribution is 5.61. The molecule has 0 atom stereocenters. The first-order valence-electron chi connectivity index (χ1n) is 9.33. The van der Waals surface area contributed by atoms with Gasteiger partial charge in [-0.1, -0.05) is 19.3 Å². The molecule has 1 saturated heterocycles. The zero-order valence-corrected chi connectivity index (χ0v) is 14.6. The number of nitriles is 1. The van der Waals surface area contributed by atoms with Gasteiger partial charge in [-0.25, -0.2) is 0 Å². The second kappa shape index (κ2) is 8.30. The molecule has 0 radical (unpaired) electrons. The first-order chi connectivity index (χ1) is 12.2. The number of piperidine rings is 1. The normalized spacial score (nSPS) is 20.1. The van der Waals surface area contributed by atoms with Gasteiger partial charge in [0.15, 0.2) is 0 Å². The summed E-state index contributed by atoms with van der Waals surface area (Å²) in [5.74, 6) is 0.873. The molecule has 1 saturated carbocycles. The fourth-order valence-electron chi connectivity index (χ4n) is 4.08. The zero-order chi connectivity index (χ0) is 17.6. The minimum absolute atomic E-state index is 0.0376. The monoisotopic (exact) mass is 342 g/mol.